The summed E-state index contributed by atoms with van der Waals surface area (Å²) in [6.45, 7) is 15.3. The van der Waals surface area contributed by atoms with E-state index in [1.165, 1.54) is 80.9 Å². The average molecular weight is 723 g/mol. The summed E-state index contributed by atoms with van der Waals surface area (Å²) in [5, 5.41) is 7.93. The molecule has 0 atom stereocenters. The number of rotatable bonds is 16. The summed E-state index contributed by atoms with van der Waals surface area (Å²) in [5.41, 5.74) is 4.40. The second-order valence-corrected chi connectivity index (χ2v) is 14.8. The van der Waals surface area contributed by atoms with Crippen LogP contribution in [0, 0.1) is 0 Å². The van der Waals surface area contributed by atoms with Gasteiger partial charge in [-0.3, -0.25) is 0 Å². The Bertz CT molecular complexity index is 2040. The minimum atomic E-state index is -1.07. The molecule has 53 heavy (non-hydrogen) atoms. The number of aromatic nitrogens is 2. The second-order valence-electron chi connectivity index (χ2n) is 14.8. The molecule has 7 rings (SSSR count). The van der Waals surface area contributed by atoms with Gasteiger partial charge in [0.15, 0.2) is 5.65 Å². The molecular formula is C41H54N8O4. The second kappa shape index (κ2) is 17.8. The van der Waals surface area contributed by atoms with Crippen LogP contribution in [0.15, 0.2) is 79.2 Å². The number of nitrogens with one attached hydrogen (secondary N) is 2. The van der Waals surface area contributed by atoms with Crippen molar-refractivity contribution in [2.45, 2.75) is 38.8 Å². The molecule has 2 aromatic carbocycles. The molecule has 0 unspecified atom stereocenters. The number of fused-ring (bicyclic) bond motifs is 3. The van der Waals surface area contributed by atoms with Crippen LogP contribution >= 0.6 is 0 Å². The van der Waals surface area contributed by atoms with Crippen LogP contribution in [0.2, 0.25) is 0 Å². The molecule has 2 saturated heterocycles. The highest BCUT2D eigenvalue weighted by atomic mass is 16.5. The molecule has 12 nitrogen and oxygen atoms in total. The van der Waals surface area contributed by atoms with Crippen LogP contribution in [0.25, 0.3) is 39.1 Å². The van der Waals surface area contributed by atoms with Gasteiger partial charge in [-0.15, -0.1) is 4.57 Å². The lowest BCUT2D eigenvalue weighted by molar-refractivity contribution is 0.152. The largest absolute Gasteiger partial charge is 0.442 e. The van der Waals surface area contributed by atoms with Crippen LogP contribution in [0.4, 0.5) is 0 Å². The van der Waals surface area contributed by atoms with Gasteiger partial charge in [-0.05, 0) is 94.3 Å². The fourth-order valence-corrected chi connectivity index (χ4v) is 7.30. The van der Waals surface area contributed by atoms with E-state index in [2.05, 4.69) is 98.9 Å². The Hall–Kier alpha value is -4.17. The molecule has 282 valence electrons. The third kappa shape index (κ3) is 9.69. The highest BCUT2D eigenvalue weighted by Crippen LogP contribution is 2.34. The molecule has 0 spiro atoms. The Morgan fingerprint density at radius 2 is 1.17 bits per heavy atom. The summed E-state index contributed by atoms with van der Waals surface area (Å²) < 4.78 is 11.9. The summed E-state index contributed by atoms with van der Waals surface area (Å²) >= 11 is 0. The fourth-order valence-electron chi connectivity index (χ4n) is 7.30. The first-order chi connectivity index (χ1) is 25.9. The molecule has 5 aromatic rings. The smallest absolute Gasteiger partial charge is 0.398 e. The van der Waals surface area contributed by atoms with Gasteiger partial charge in [0.25, 0.3) is 0 Å². The zero-order valence-corrected chi connectivity index (χ0v) is 31.3. The van der Waals surface area contributed by atoms with Crippen molar-refractivity contribution in [3.8, 4) is 22.4 Å². The van der Waals surface area contributed by atoms with Gasteiger partial charge in [0.2, 0.25) is 5.71 Å². The van der Waals surface area contributed by atoms with Crippen molar-refractivity contribution in [2.75, 3.05) is 92.6 Å². The van der Waals surface area contributed by atoms with E-state index in [0.29, 0.717) is 5.65 Å². The Morgan fingerprint density at radius 3 is 1.72 bits per heavy atom. The first kappa shape index (κ1) is 37.2. The van der Waals surface area contributed by atoms with Crippen molar-refractivity contribution in [2.24, 2.45) is 0 Å². The lowest BCUT2D eigenvalue weighted by Crippen LogP contribution is -2.44. The Balaban J connectivity index is 0.989. The van der Waals surface area contributed by atoms with Gasteiger partial charge >= 0.3 is 11.3 Å². The van der Waals surface area contributed by atoms with Crippen LogP contribution in [0.3, 0.4) is 0 Å². The molecule has 3 aromatic heterocycles. The van der Waals surface area contributed by atoms with Crippen molar-refractivity contribution in [3.05, 3.63) is 92.6 Å². The van der Waals surface area contributed by atoms with Crippen LogP contribution in [0.5, 0.6) is 0 Å². The molecule has 0 radical (unpaired) electrons. The van der Waals surface area contributed by atoms with Gasteiger partial charge in [-0.1, -0.05) is 48.5 Å². The highest BCUT2D eigenvalue weighted by Gasteiger charge is 2.18. The predicted molar refractivity (Wildman–Crippen MR) is 210 cm³/mol. The van der Waals surface area contributed by atoms with E-state index >= 15 is 0 Å². The number of unbranched alkanes of at least 4 members (excludes halogenated alkanes) is 2. The van der Waals surface area contributed by atoms with E-state index in [4.69, 9.17) is 13.9 Å². The van der Waals surface area contributed by atoms with Crippen molar-refractivity contribution in [3.63, 3.8) is 0 Å². The van der Waals surface area contributed by atoms with Gasteiger partial charge in [-0.2, -0.15) is 0 Å². The van der Waals surface area contributed by atoms with Crippen molar-refractivity contribution in [1.29, 1.82) is 0 Å². The van der Waals surface area contributed by atoms with Crippen LogP contribution < -0.4 is 21.9 Å². The molecule has 2 fully saturated rings. The molecule has 0 amide bonds. The third-order valence-electron chi connectivity index (χ3n) is 10.8. The first-order valence-electron chi connectivity index (χ1n) is 19.3. The zero-order chi connectivity index (χ0) is 36.6. The quantitative estimate of drug-likeness (QED) is 0.114. The molecule has 0 saturated carbocycles. The maximum atomic E-state index is 12.2. The molecule has 2 aliphatic heterocycles. The average Bonchev–Trinajstić information content (AvgIpc) is 3.53. The maximum Gasteiger partial charge on any atom is 0.442 e. The van der Waals surface area contributed by atoms with E-state index in [9.17, 15) is 9.59 Å². The Labute approximate surface area is 311 Å². The number of hydrogen-bond donors (Lipinski definition) is 2. The van der Waals surface area contributed by atoms with E-state index in [1.54, 1.807) is 6.07 Å². The number of benzene rings is 2. The summed E-state index contributed by atoms with van der Waals surface area (Å²) in [6.07, 6.45) is 4.74. The van der Waals surface area contributed by atoms with Gasteiger partial charge in [0.1, 0.15) is 0 Å². The lowest BCUT2D eigenvalue weighted by Gasteiger charge is -2.32. The molecule has 2 N–H and O–H groups in total. The normalized spacial score (nSPS) is 16.6. The topological polar surface area (TPSA) is 115 Å². The molecule has 0 aliphatic carbocycles. The standard InChI is InChI=1S/C41H54N8O4/c1-45-19-23-47(24-20-45)17-5-3-15-42-29-31-7-11-33(12-8-31)35-27-37(44-39-36(35)28-38-49(39)53-41(51)40(50)52-38)34-13-9-32(10-14-34)30-43-16-4-6-18-48-25-21-46(2)22-26-48/h7-14,27-28,42-43H,3-6,15-26,29-30H2,1-2H3. The lowest BCUT2D eigenvalue weighted by atomic mass is 9.99. The van der Waals surface area contributed by atoms with E-state index in [0.717, 1.165) is 79.9 Å². The van der Waals surface area contributed by atoms with Crippen molar-refractivity contribution >= 4 is 16.7 Å². The first-order valence-corrected chi connectivity index (χ1v) is 19.3. The Morgan fingerprint density at radius 1 is 0.642 bits per heavy atom. The predicted octanol–water partition coefficient (Wildman–Crippen LogP) is 3.96. The SMILES string of the molecule is CN1CCN(CCCCNCc2ccc(-c3cc(-c4ccc(CNCCCCN5CCN(C)CC5)cc4)c4cc5oc(=O)c(=O)on5c4n3)cc2)CC1. The van der Waals surface area contributed by atoms with Crippen LogP contribution in [-0.2, 0) is 13.1 Å². The fraction of sp³-hybridized carbons (Fsp3) is 0.488. The van der Waals surface area contributed by atoms with Gasteiger partial charge in [0, 0.05) is 82.5 Å². The molecule has 0 bridgehead atoms. The van der Waals surface area contributed by atoms with Crippen LogP contribution in [-0.4, -0.2) is 122 Å². The highest BCUT2D eigenvalue weighted by molar-refractivity contribution is 5.98. The minimum absolute atomic E-state index is 0.133. The minimum Gasteiger partial charge on any atom is -0.398 e. The van der Waals surface area contributed by atoms with Gasteiger partial charge in [-0.25, -0.2) is 14.6 Å². The molecule has 5 heterocycles. The van der Waals surface area contributed by atoms with E-state index in [1.807, 2.05) is 0 Å². The van der Waals surface area contributed by atoms with Crippen LogP contribution in [0.1, 0.15) is 36.8 Å². The monoisotopic (exact) mass is 722 g/mol. The zero-order valence-electron chi connectivity index (χ0n) is 31.3. The van der Waals surface area contributed by atoms with Crippen molar-refractivity contribution < 1.29 is 8.94 Å². The number of hydrogen-bond acceptors (Lipinski definition) is 11. The molecule has 2 aliphatic rings. The summed E-state index contributed by atoms with van der Waals surface area (Å²) in [6, 6.07) is 20.7. The van der Waals surface area contributed by atoms with E-state index in [-0.39, 0.29) is 5.71 Å². The number of piperazine rings is 2. The number of likely N-dealkylation sites (N-methyl/N-ethyl adjacent to an activating group) is 2. The maximum absolute atomic E-state index is 12.2. The Kier molecular flexibility index (Phi) is 12.5. The summed E-state index contributed by atoms with van der Waals surface area (Å²) in [5.74, 6) is 0. The molecular weight excluding hydrogens is 669 g/mol. The summed E-state index contributed by atoms with van der Waals surface area (Å²) in [4.78, 5) is 39.0. The number of pyridine rings is 1. The van der Waals surface area contributed by atoms with Gasteiger partial charge < -0.3 is 39.2 Å². The van der Waals surface area contributed by atoms with Crippen molar-refractivity contribution in [1.82, 2.24) is 39.8 Å². The third-order valence-corrected chi connectivity index (χ3v) is 10.8. The molecule has 12 heteroatoms. The number of nitrogens with zero attached hydrogens (tertiary/aromatic N) is 6. The summed E-state index contributed by atoms with van der Waals surface area (Å²) in [7, 11) is 4.39. The van der Waals surface area contributed by atoms with E-state index < -0.39 is 11.3 Å². The van der Waals surface area contributed by atoms with Gasteiger partial charge in [0.05, 0.1) is 5.69 Å².